The largest absolute Gasteiger partial charge is 0.309 e. The first-order chi connectivity index (χ1) is 34.8. The SMILES string of the molecule is c1ccc(-c2ccc3c4ccccc4n(-c4ccc5c6ccccc6n(-c6cccc7c8ccccc8n(-c8ccc([Si](c9ccccc9)(c9ccccc9)c9ccccc9)cc8)c67)c5c4)c3c2)cc1. The first-order valence-corrected chi connectivity index (χ1v) is 26.2. The van der Waals surface area contributed by atoms with E-state index in [-0.39, 0.29) is 0 Å². The Labute approximate surface area is 407 Å². The van der Waals surface area contributed by atoms with Gasteiger partial charge in [0.25, 0.3) is 0 Å². The van der Waals surface area contributed by atoms with Gasteiger partial charge in [0, 0.05) is 43.7 Å². The molecule has 328 valence electrons. The van der Waals surface area contributed by atoms with E-state index in [1.807, 2.05) is 0 Å². The molecule has 0 bridgehead atoms. The first kappa shape index (κ1) is 40.1. The minimum atomic E-state index is -2.73. The van der Waals surface area contributed by atoms with E-state index < -0.39 is 8.07 Å². The molecule has 3 heterocycles. The molecule has 0 aliphatic carbocycles. The summed E-state index contributed by atoms with van der Waals surface area (Å²) < 4.78 is 7.48. The molecule has 0 aliphatic heterocycles. The fourth-order valence-corrected chi connectivity index (χ4v) is 16.5. The lowest BCUT2D eigenvalue weighted by atomic mass is 10.0. The summed E-state index contributed by atoms with van der Waals surface area (Å²) in [6.07, 6.45) is 0. The predicted molar refractivity (Wildman–Crippen MR) is 299 cm³/mol. The van der Waals surface area contributed by atoms with Crippen molar-refractivity contribution in [3.8, 4) is 28.2 Å². The second-order valence-electron chi connectivity index (χ2n) is 18.4. The highest BCUT2D eigenvalue weighted by Gasteiger charge is 2.41. The smallest absolute Gasteiger partial charge is 0.179 e. The van der Waals surface area contributed by atoms with E-state index >= 15 is 0 Å². The molecule has 0 saturated heterocycles. The first-order valence-electron chi connectivity index (χ1n) is 24.2. The predicted octanol–water partition coefficient (Wildman–Crippen LogP) is 14.0. The van der Waals surface area contributed by atoms with E-state index in [9.17, 15) is 0 Å². The zero-order valence-corrected chi connectivity index (χ0v) is 39.3. The molecule has 4 heteroatoms. The number of benzene rings is 11. The van der Waals surface area contributed by atoms with Gasteiger partial charge in [-0.2, -0.15) is 0 Å². The molecule has 0 radical (unpaired) electrons. The summed E-state index contributed by atoms with van der Waals surface area (Å²) >= 11 is 0. The van der Waals surface area contributed by atoms with Gasteiger partial charge in [-0.3, -0.25) is 0 Å². The Morgan fingerprint density at radius 3 is 1.23 bits per heavy atom. The molecule has 14 rings (SSSR count). The zero-order valence-electron chi connectivity index (χ0n) is 38.3. The summed E-state index contributed by atoms with van der Waals surface area (Å²) in [6, 6.07) is 101. The zero-order chi connectivity index (χ0) is 46.2. The Kier molecular flexibility index (Phi) is 9.23. The minimum absolute atomic E-state index is 1.12. The van der Waals surface area contributed by atoms with Crippen LogP contribution in [0.25, 0.3) is 93.6 Å². The van der Waals surface area contributed by atoms with Gasteiger partial charge in [-0.05, 0) is 86.5 Å². The lowest BCUT2D eigenvalue weighted by Gasteiger charge is -2.34. The average molecular weight is 908 g/mol. The van der Waals surface area contributed by atoms with Gasteiger partial charge in [0.1, 0.15) is 0 Å². The van der Waals surface area contributed by atoms with Gasteiger partial charge in [-0.25, -0.2) is 0 Å². The van der Waals surface area contributed by atoms with Crippen molar-refractivity contribution in [2.75, 3.05) is 0 Å². The molecular weight excluding hydrogens is 863 g/mol. The number of rotatable bonds is 8. The molecule has 0 atom stereocenters. The monoisotopic (exact) mass is 907 g/mol. The van der Waals surface area contributed by atoms with Crippen LogP contribution in [0, 0.1) is 0 Å². The number of aromatic nitrogens is 3. The molecule has 0 saturated carbocycles. The lowest BCUT2D eigenvalue weighted by molar-refractivity contribution is 1.13. The number of para-hydroxylation sites is 4. The van der Waals surface area contributed by atoms with Crippen molar-refractivity contribution in [2.45, 2.75) is 0 Å². The second kappa shape index (κ2) is 16.1. The summed E-state index contributed by atoms with van der Waals surface area (Å²) in [7, 11) is -2.73. The Morgan fingerprint density at radius 2 is 0.643 bits per heavy atom. The van der Waals surface area contributed by atoms with E-state index in [1.165, 1.54) is 91.8 Å². The number of nitrogens with zero attached hydrogens (tertiary/aromatic N) is 3. The Bertz CT molecular complexity index is 4170. The van der Waals surface area contributed by atoms with Crippen molar-refractivity contribution in [3.05, 3.63) is 273 Å². The highest BCUT2D eigenvalue weighted by Crippen LogP contribution is 2.41. The van der Waals surface area contributed by atoms with E-state index in [1.54, 1.807) is 0 Å². The second-order valence-corrected chi connectivity index (χ2v) is 22.2. The van der Waals surface area contributed by atoms with Crippen molar-refractivity contribution >= 4 is 94.2 Å². The topological polar surface area (TPSA) is 14.8 Å². The quantitative estimate of drug-likeness (QED) is 0.107. The van der Waals surface area contributed by atoms with Crippen LogP contribution in [0.3, 0.4) is 0 Å². The third-order valence-electron chi connectivity index (χ3n) is 14.8. The molecule has 70 heavy (non-hydrogen) atoms. The van der Waals surface area contributed by atoms with Crippen LogP contribution in [-0.2, 0) is 0 Å². The number of hydrogen-bond donors (Lipinski definition) is 0. The van der Waals surface area contributed by atoms with Gasteiger partial charge < -0.3 is 13.7 Å². The van der Waals surface area contributed by atoms with Crippen LogP contribution >= 0.6 is 0 Å². The van der Waals surface area contributed by atoms with Crippen molar-refractivity contribution < 1.29 is 0 Å². The molecule has 11 aromatic carbocycles. The molecule has 0 N–H and O–H groups in total. The van der Waals surface area contributed by atoms with E-state index in [2.05, 4.69) is 287 Å². The van der Waals surface area contributed by atoms with Gasteiger partial charge in [0.05, 0.1) is 38.8 Å². The molecule has 0 aliphatic rings. The molecule has 14 aromatic rings. The van der Waals surface area contributed by atoms with E-state index in [4.69, 9.17) is 0 Å². The maximum Gasteiger partial charge on any atom is 0.179 e. The van der Waals surface area contributed by atoms with Gasteiger partial charge in [0.15, 0.2) is 8.07 Å². The van der Waals surface area contributed by atoms with Crippen molar-refractivity contribution in [2.24, 2.45) is 0 Å². The fourth-order valence-electron chi connectivity index (χ4n) is 11.8. The van der Waals surface area contributed by atoms with Crippen LogP contribution in [0.2, 0.25) is 0 Å². The Hall–Kier alpha value is -8.96. The maximum absolute atomic E-state index is 2.73. The average Bonchev–Trinajstić information content (AvgIpc) is 4.08. The van der Waals surface area contributed by atoms with Gasteiger partial charge in [-0.15, -0.1) is 0 Å². The molecule has 0 fully saturated rings. The Balaban J connectivity index is 1.01. The van der Waals surface area contributed by atoms with Crippen LogP contribution < -0.4 is 20.7 Å². The molecule has 0 amide bonds. The van der Waals surface area contributed by atoms with Crippen molar-refractivity contribution in [1.82, 2.24) is 13.7 Å². The normalized spacial score (nSPS) is 12.0. The van der Waals surface area contributed by atoms with Crippen LogP contribution in [-0.4, -0.2) is 21.8 Å². The highest BCUT2D eigenvalue weighted by atomic mass is 28.3. The fraction of sp³-hybridized carbons (Fsp3) is 0. The summed E-state index contributed by atoms with van der Waals surface area (Å²) in [5.74, 6) is 0. The molecule has 0 spiro atoms. The highest BCUT2D eigenvalue weighted by molar-refractivity contribution is 7.19. The van der Waals surface area contributed by atoms with Gasteiger partial charge in [-0.1, -0.05) is 218 Å². The van der Waals surface area contributed by atoms with Crippen LogP contribution in [0.1, 0.15) is 0 Å². The standard InChI is InChI=1S/C66H45N3Si/c1-5-20-46(21-6-1)47-36-42-57-54-28-13-16-32-60(54)67(64(57)44-47)49-39-43-58-55-29-14-18-34-62(55)69(65(58)45-49)63-35-19-31-59-56-30-15-17-33-61(56)68(66(59)63)48-37-40-53(41-38-48)70(50-22-7-2-8-23-50,51-24-9-3-10-25-51)52-26-11-4-12-27-52/h1-45H. The van der Waals surface area contributed by atoms with Gasteiger partial charge >= 0.3 is 0 Å². The van der Waals surface area contributed by atoms with Crippen molar-refractivity contribution in [3.63, 3.8) is 0 Å². The molecule has 3 nitrogen and oxygen atoms in total. The molecular formula is C66H45N3Si. The number of fused-ring (bicyclic) bond motifs is 9. The van der Waals surface area contributed by atoms with E-state index in [0.717, 1.165) is 22.6 Å². The van der Waals surface area contributed by atoms with Crippen LogP contribution in [0.5, 0.6) is 0 Å². The van der Waals surface area contributed by atoms with Crippen LogP contribution in [0.4, 0.5) is 0 Å². The summed E-state index contributed by atoms with van der Waals surface area (Å²) in [5, 5.41) is 12.8. The van der Waals surface area contributed by atoms with Crippen LogP contribution in [0.15, 0.2) is 273 Å². The summed E-state index contributed by atoms with van der Waals surface area (Å²) in [4.78, 5) is 0. The molecule has 0 unspecified atom stereocenters. The van der Waals surface area contributed by atoms with Gasteiger partial charge in [0.2, 0.25) is 0 Å². The third kappa shape index (κ3) is 6.00. The third-order valence-corrected chi connectivity index (χ3v) is 19.6. The Morgan fingerprint density at radius 1 is 0.229 bits per heavy atom. The van der Waals surface area contributed by atoms with E-state index in [0.29, 0.717) is 0 Å². The maximum atomic E-state index is 2.52. The molecule has 3 aromatic heterocycles. The minimum Gasteiger partial charge on any atom is -0.309 e. The summed E-state index contributed by atoms with van der Waals surface area (Å²) in [5.41, 5.74) is 12.9. The van der Waals surface area contributed by atoms with Crippen molar-refractivity contribution in [1.29, 1.82) is 0 Å². The summed E-state index contributed by atoms with van der Waals surface area (Å²) in [6.45, 7) is 0. The lowest BCUT2D eigenvalue weighted by Crippen LogP contribution is -2.74. The number of hydrogen-bond acceptors (Lipinski definition) is 0.